The fourth-order valence-electron chi connectivity index (χ4n) is 3.17. The molecule has 1 fully saturated rings. The molecule has 0 amide bonds. The Morgan fingerprint density at radius 2 is 1.11 bits per heavy atom. The molecule has 1 aromatic carbocycles. The summed E-state index contributed by atoms with van der Waals surface area (Å²) in [6, 6.07) is 11.8. The molecule has 0 heteroatoms. The monoisotopic (exact) mass is 243 g/mol. The van der Waals surface area contributed by atoms with E-state index in [4.69, 9.17) is 0 Å². The highest BCUT2D eigenvalue weighted by molar-refractivity contribution is 5.18. The van der Waals surface area contributed by atoms with Gasteiger partial charge in [0.2, 0.25) is 0 Å². The van der Waals surface area contributed by atoms with Gasteiger partial charge in [-0.25, -0.2) is 0 Å². The average molecular weight is 243 g/mol. The first-order chi connectivity index (χ1) is 8.97. The first-order valence-electron chi connectivity index (χ1n) is 7.93. The minimum absolute atomic E-state index is 0.805. The minimum Gasteiger partial charge on any atom is -0.0581 e. The molecular weight excluding hydrogens is 216 g/mol. The lowest BCUT2D eigenvalue weighted by molar-refractivity contribution is 0.467. The summed E-state index contributed by atoms with van der Waals surface area (Å²) in [5, 5.41) is 0. The normalized spacial score (nSPS) is 20.9. The van der Waals surface area contributed by atoms with Crippen molar-refractivity contribution in [3.8, 4) is 0 Å². The van der Waals surface area contributed by atoms with Crippen molar-refractivity contribution < 1.29 is 0 Å². The molecule has 1 radical (unpaired) electrons. The van der Waals surface area contributed by atoms with Crippen LogP contribution in [0.25, 0.3) is 0 Å². The fraction of sp³-hybridized carbons (Fsp3) is 0.667. The molecule has 0 bridgehead atoms. The molecule has 18 heavy (non-hydrogen) atoms. The summed E-state index contributed by atoms with van der Waals surface area (Å²) in [7, 11) is 0. The number of hydrogen-bond acceptors (Lipinski definition) is 0. The molecule has 1 aliphatic rings. The van der Waals surface area contributed by atoms with Crippen molar-refractivity contribution in [1.82, 2.24) is 0 Å². The predicted octanol–water partition coefficient (Wildman–Crippen LogP) is 5.88. The molecule has 1 saturated carbocycles. The fourth-order valence-corrected chi connectivity index (χ4v) is 3.17. The number of benzene rings is 1. The Morgan fingerprint density at radius 1 is 0.667 bits per heavy atom. The van der Waals surface area contributed by atoms with Crippen LogP contribution in [0.15, 0.2) is 24.3 Å². The zero-order valence-electron chi connectivity index (χ0n) is 11.7. The maximum absolute atomic E-state index is 3.14. The van der Waals surface area contributed by atoms with Gasteiger partial charge in [-0.3, -0.25) is 0 Å². The highest BCUT2D eigenvalue weighted by atomic mass is 14.2. The van der Waals surface area contributed by atoms with Crippen LogP contribution in [0.3, 0.4) is 0 Å². The molecule has 0 aliphatic heterocycles. The Morgan fingerprint density at radius 3 is 1.61 bits per heavy atom. The largest absolute Gasteiger partial charge is 0.0581 e. The lowest BCUT2D eigenvalue weighted by Crippen LogP contribution is -2.00. The molecule has 0 atom stereocenters. The summed E-state index contributed by atoms with van der Waals surface area (Å²) in [5.74, 6) is 0.805. The van der Waals surface area contributed by atoms with Crippen LogP contribution in [0.2, 0.25) is 0 Å². The van der Waals surface area contributed by atoms with Crippen molar-refractivity contribution >= 4 is 0 Å². The van der Waals surface area contributed by atoms with E-state index in [2.05, 4.69) is 30.3 Å². The maximum atomic E-state index is 3.14. The van der Waals surface area contributed by atoms with E-state index in [0.717, 1.165) is 5.92 Å². The predicted molar refractivity (Wildman–Crippen MR) is 78.8 cm³/mol. The maximum Gasteiger partial charge on any atom is -0.0162 e. The van der Waals surface area contributed by atoms with Gasteiger partial charge < -0.3 is 0 Å². The molecule has 1 aromatic rings. The molecule has 99 valence electrons. The van der Waals surface area contributed by atoms with Crippen LogP contribution in [0.4, 0.5) is 0 Å². The second-order valence-electron chi connectivity index (χ2n) is 5.79. The van der Waals surface area contributed by atoms with Gasteiger partial charge in [-0.15, -0.1) is 0 Å². The van der Waals surface area contributed by atoms with Gasteiger partial charge in [0.05, 0.1) is 0 Å². The SMILES string of the molecule is [c]1ccc(C2CCCCCCCCCCC2)cc1. The number of rotatable bonds is 1. The Bertz CT molecular complexity index is 289. The molecule has 0 spiro atoms. The van der Waals surface area contributed by atoms with Crippen molar-refractivity contribution in [2.45, 2.75) is 76.5 Å². The smallest absolute Gasteiger partial charge is 0.0162 e. The van der Waals surface area contributed by atoms with Crippen molar-refractivity contribution in [3.05, 3.63) is 35.9 Å². The van der Waals surface area contributed by atoms with Gasteiger partial charge in [0.15, 0.2) is 0 Å². The highest BCUT2D eigenvalue weighted by Gasteiger charge is 2.11. The van der Waals surface area contributed by atoms with E-state index >= 15 is 0 Å². The summed E-state index contributed by atoms with van der Waals surface area (Å²) in [6.07, 6.45) is 15.8. The van der Waals surface area contributed by atoms with Crippen LogP contribution in [-0.2, 0) is 0 Å². The zero-order chi connectivity index (χ0) is 12.5. The Balaban J connectivity index is 1.89. The second kappa shape index (κ2) is 8.34. The molecule has 1 aliphatic carbocycles. The van der Waals surface area contributed by atoms with Gasteiger partial charge in [-0.05, 0) is 30.4 Å². The summed E-state index contributed by atoms with van der Waals surface area (Å²) in [6.45, 7) is 0. The van der Waals surface area contributed by atoms with Gasteiger partial charge in [-0.1, -0.05) is 82.1 Å². The van der Waals surface area contributed by atoms with Crippen LogP contribution in [0.5, 0.6) is 0 Å². The highest BCUT2D eigenvalue weighted by Crippen LogP contribution is 2.29. The third kappa shape index (κ3) is 4.84. The van der Waals surface area contributed by atoms with E-state index in [9.17, 15) is 0 Å². The van der Waals surface area contributed by atoms with Gasteiger partial charge >= 0.3 is 0 Å². The van der Waals surface area contributed by atoms with Crippen LogP contribution in [0, 0.1) is 6.07 Å². The zero-order valence-corrected chi connectivity index (χ0v) is 11.7. The van der Waals surface area contributed by atoms with E-state index in [-0.39, 0.29) is 0 Å². The topological polar surface area (TPSA) is 0 Å². The van der Waals surface area contributed by atoms with Gasteiger partial charge in [0.25, 0.3) is 0 Å². The minimum atomic E-state index is 0.805. The van der Waals surface area contributed by atoms with E-state index in [1.807, 2.05) is 0 Å². The standard InChI is InChI=1S/C18H27/c1-2-4-6-9-13-17(14-10-7-5-3-1)18-15-11-8-12-16-18/h11-12,15-17H,1-7,9-10,13-14H2. The molecule has 0 nitrogen and oxygen atoms in total. The van der Waals surface area contributed by atoms with Gasteiger partial charge in [0.1, 0.15) is 0 Å². The lowest BCUT2D eigenvalue weighted by Gasteiger charge is -2.18. The first kappa shape index (κ1) is 13.6. The molecule has 0 unspecified atom stereocenters. The molecule has 0 heterocycles. The van der Waals surface area contributed by atoms with E-state index in [1.54, 1.807) is 5.56 Å². The van der Waals surface area contributed by atoms with Gasteiger partial charge in [0, 0.05) is 0 Å². The van der Waals surface area contributed by atoms with Crippen LogP contribution < -0.4 is 0 Å². The summed E-state index contributed by atoms with van der Waals surface area (Å²) in [5.41, 5.74) is 1.55. The van der Waals surface area contributed by atoms with Crippen molar-refractivity contribution in [3.63, 3.8) is 0 Å². The van der Waals surface area contributed by atoms with E-state index in [1.165, 1.54) is 70.6 Å². The van der Waals surface area contributed by atoms with Crippen LogP contribution >= 0.6 is 0 Å². The molecule has 0 N–H and O–H groups in total. The Kier molecular flexibility index (Phi) is 6.33. The average Bonchev–Trinajstić information content (AvgIpc) is 2.40. The van der Waals surface area contributed by atoms with Gasteiger partial charge in [-0.2, -0.15) is 0 Å². The van der Waals surface area contributed by atoms with E-state index in [0.29, 0.717) is 0 Å². The first-order valence-corrected chi connectivity index (χ1v) is 7.93. The van der Waals surface area contributed by atoms with Crippen molar-refractivity contribution in [2.24, 2.45) is 0 Å². The van der Waals surface area contributed by atoms with E-state index < -0.39 is 0 Å². The molecular formula is C18H27. The second-order valence-corrected chi connectivity index (χ2v) is 5.79. The third-order valence-corrected chi connectivity index (χ3v) is 4.32. The van der Waals surface area contributed by atoms with Crippen LogP contribution in [-0.4, -0.2) is 0 Å². The number of hydrogen-bond donors (Lipinski definition) is 0. The molecule has 0 saturated heterocycles. The molecule has 0 aromatic heterocycles. The summed E-state index contributed by atoms with van der Waals surface area (Å²) >= 11 is 0. The molecule has 2 rings (SSSR count). The quantitative estimate of drug-likeness (QED) is 0.578. The lowest BCUT2D eigenvalue weighted by atomic mass is 9.87. The Hall–Kier alpha value is -0.780. The summed E-state index contributed by atoms with van der Waals surface area (Å²) < 4.78 is 0. The van der Waals surface area contributed by atoms with Crippen molar-refractivity contribution in [1.29, 1.82) is 0 Å². The third-order valence-electron chi connectivity index (χ3n) is 4.32. The Labute approximate surface area is 113 Å². The van der Waals surface area contributed by atoms with Crippen LogP contribution in [0.1, 0.15) is 82.1 Å². The summed E-state index contributed by atoms with van der Waals surface area (Å²) in [4.78, 5) is 0. The van der Waals surface area contributed by atoms with Crippen molar-refractivity contribution in [2.75, 3.05) is 0 Å².